The largest absolute Gasteiger partial charge is 0.329 e. The van der Waals surface area contributed by atoms with E-state index < -0.39 is 10.1 Å². The Balaban J connectivity index is 0. The zero-order valence-corrected chi connectivity index (χ0v) is 7.90. The van der Waals surface area contributed by atoms with E-state index in [1.54, 1.807) is 0 Å². The summed E-state index contributed by atoms with van der Waals surface area (Å²) in [6, 6.07) is 0. The quantitative estimate of drug-likeness (QED) is 0.567. The zero-order valence-electron chi connectivity index (χ0n) is 4.24. The molecule has 0 aliphatic heterocycles. The molecule has 1 radical (unpaired) electrons. The van der Waals surface area contributed by atoms with E-state index >= 15 is 0 Å². The van der Waals surface area contributed by atoms with Crippen LogP contribution in [0, 0.1) is 0 Å². The summed E-state index contributed by atoms with van der Waals surface area (Å²) in [5.41, 5.74) is 4.78. The minimum Gasteiger partial charge on any atom is -0.329 e. The Morgan fingerprint density at radius 3 is 1.88 bits per heavy atom. The van der Waals surface area contributed by atoms with Crippen LogP contribution in [0.5, 0.6) is 0 Å². The van der Waals surface area contributed by atoms with Gasteiger partial charge in [-0.3, -0.25) is 4.55 Å². The Hall–Kier alpha value is 0.974. The monoisotopic (exact) mass is 214 g/mol. The Morgan fingerprint density at radius 1 is 1.50 bits per heavy atom. The molecule has 0 saturated heterocycles. The van der Waals surface area contributed by atoms with Gasteiger partial charge in [0.15, 0.2) is 0 Å². The first kappa shape index (κ1) is 11.7. The summed E-state index contributed by atoms with van der Waals surface area (Å²) in [6.07, 6.45) is 0. The Labute approximate surface area is 73.5 Å². The van der Waals surface area contributed by atoms with Gasteiger partial charge in [-0.2, -0.15) is 8.42 Å². The van der Waals surface area contributed by atoms with Crippen molar-refractivity contribution in [1.82, 2.24) is 0 Å². The maximum Gasteiger partial charge on any atom is 0.266 e. The van der Waals surface area contributed by atoms with Crippen molar-refractivity contribution < 1.29 is 45.7 Å². The second-order valence-corrected chi connectivity index (χ2v) is 2.65. The molecule has 3 N–H and O–H groups in total. The molecule has 0 aromatic carbocycles. The van der Waals surface area contributed by atoms with Crippen LogP contribution in [-0.4, -0.2) is 25.3 Å². The summed E-state index contributed by atoms with van der Waals surface area (Å²) in [4.78, 5) is 0. The zero-order chi connectivity index (χ0) is 5.91. The number of hydrogen-bond donors (Lipinski definition) is 2. The first-order valence-electron chi connectivity index (χ1n) is 1.71. The Kier molecular flexibility index (Phi) is 7.06. The van der Waals surface area contributed by atoms with Crippen LogP contribution in [0.1, 0.15) is 0 Å². The maximum atomic E-state index is 9.71. The van der Waals surface area contributed by atoms with Crippen molar-refractivity contribution in [2.24, 2.45) is 5.73 Å². The van der Waals surface area contributed by atoms with Crippen LogP contribution in [0.3, 0.4) is 0 Å². The first-order valence-corrected chi connectivity index (χ1v) is 3.32. The molecule has 0 unspecified atom stereocenters. The molecule has 0 aromatic rings. The minimum absolute atomic E-state index is 0. The molecule has 0 bridgehead atoms. The fourth-order valence-electron chi connectivity index (χ4n) is 0.149. The smallest absolute Gasteiger partial charge is 0.266 e. The van der Waals surface area contributed by atoms with Crippen molar-refractivity contribution in [3.8, 4) is 0 Å². The van der Waals surface area contributed by atoms with Crippen molar-refractivity contribution in [2.45, 2.75) is 0 Å². The average molecular weight is 214 g/mol. The number of nitrogens with two attached hydrogens (primary N) is 1. The minimum atomic E-state index is -3.80. The van der Waals surface area contributed by atoms with Crippen molar-refractivity contribution in [3.63, 3.8) is 0 Å². The van der Waals surface area contributed by atoms with Crippen LogP contribution < -0.4 is 5.73 Å². The van der Waals surface area contributed by atoms with Crippen LogP contribution in [0.4, 0.5) is 0 Å². The van der Waals surface area contributed by atoms with E-state index in [0.717, 1.165) is 0 Å². The van der Waals surface area contributed by atoms with Crippen LogP contribution in [-0.2, 0) is 42.8 Å². The number of rotatable bonds is 2. The molecule has 0 fully saturated rings. The second kappa shape index (κ2) is 4.82. The third-order valence-corrected chi connectivity index (χ3v) is 1.13. The van der Waals surface area contributed by atoms with Crippen LogP contribution in [0.2, 0.25) is 0 Å². The summed E-state index contributed by atoms with van der Waals surface area (Å²) in [5.74, 6) is -0.354. The van der Waals surface area contributed by atoms with E-state index in [-0.39, 0.29) is 45.0 Å². The molecule has 0 spiro atoms. The van der Waals surface area contributed by atoms with Gasteiger partial charge >= 0.3 is 0 Å². The van der Waals surface area contributed by atoms with Crippen molar-refractivity contribution >= 4 is 10.1 Å². The van der Waals surface area contributed by atoms with E-state index in [0.29, 0.717) is 0 Å². The van der Waals surface area contributed by atoms with Crippen LogP contribution in [0.15, 0.2) is 0 Å². The molecule has 0 heterocycles. The van der Waals surface area contributed by atoms with Crippen LogP contribution >= 0.6 is 0 Å². The second-order valence-electron chi connectivity index (χ2n) is 1.07. The molecule has 6 heteroatoms. The normalized spacial score (nSPS) is 10.2. The molecule has 47 valence electrons. The van der Waals surface area contributed by atoms with Gasteiger partial charge in [-0.1, -0.05) is 0 Å². The third kappa shape index (κ3) is 10.1. The topological polar surface area (TPSA) is 80.4 Å². The van der Waals surface area contributed by atoms with E-state index in [1.165, 1.54) is 0 Å². The van der Waals surface area contributed by atoms with Crippen LogP contribution in [0.25, 0.3) is 0 Å². The average Bonchev–Trinajstić information content (AvgIpc) is 1.30. The molecular weight excluding hydrogens is 207 g/mol. The van der Waals surface area contributed by atoms with Crippen molar-refractivity contribution in [3.05, 3.63) is 0 Å². The summed E-state index contributed by atoms with van der Waals surface area (Å²) in [6.45, 7) is -0.0289. The molecule has 0 aromatic heterocycles. The van der Waals surface area contributed by atoms with Crippen molar-refractivity contribution in [2.75, 3.05) is 12.3 Å². The predicted octanol–water partition coefficient (Wildman–Crippen LogP) is -1.17. The van der Waals surface area contributed by atoms with E-state index in [9.17, 15) is 8.42 Å². The molecule has 0 aliphatic carbocycles. The first-order chi connectivity index (χ1) is 3.06. The van der Waals surface area contributed by atoms with E-state index in [1.807, 2.05) is 0 Å². The molecule has 8 heavy (non-hydrogen) atoms. The SMILES string of the molecule is NCCS(=O)(=O)O.[Y]. The van der Waals surface area contributed by atoms with Crippen molar-refractivity contribution in [1.29, 1.82) is 0 Å². The van der Waals surface area contributed by atoms with Gasteiger partial charge in [-0.15, -0.1) is 0 Å². The van der Waals surface area contributed by atoms with E-state index in [4.69, 9.17) is 10.3 Å². The molecule has 0 saturated carbocycles. The van der Waals surface area contributed by atoms with Gasteiger partial charge in [-0.05, 0) is 0 Å². The fourth-order valence-corrected chi connectivity index (χ4v) is 0.447. The molecule has 4 nitrogen and oxygen atoms in total. The summed E-state index contributed by atoms with van der Waals surface area (Å²) >= 11 is 0. The Bertz CT molecular complexity index is 130. The van der Waals surface area contributed by atoms with Gasteiger partial charge < -0.3 is 5.73 Å². The van der Waals surface area contributed by atoms with Gasteiger partial charge in [0, 0.05) is 39.3 Å². The fraction of sp³-hybridized carbons (Fsp3) is 1.00. The van der Waals surface area contributed by atoms with E-state index in [2.05, 4.69) is 0 Å². The molecule has 0 atom stereocenters. The van der Waals surface area contributed by atoms with Gasteiger partial charge in [0.05, 0.1) is 5.75 Å². The summed E-state index contributed by atoms with van der Waals surface area (Å²) in [5, 5.41) is 0. The van der Waals surface area contributed by atoms with Gasteiger partial charge in [0.1, 0.15) is 0 Å². The standard InChI is InChI=1S/C2H7NO3S.Y/c3-1-2-7(4,5)6;/h1-3H2,(H,4,5,6);. The maximum absolute atomic E-state index is 9.71. The molecule has 0 amide bonds. The van der Waals surface area contributed by atoms with Gasteiger partial charge in [0.25, 0.3) is 10.1 Å². The number of hydrogen-bond acceptors (Lipinski definition) is 3. The third-order valence-electron chi connectivity index (χ3n) is 0.376. The molecular formula is C2H7NO3SY. The molecule has 0 aliphatic rings. The summed E-state index contributed by atoms with van der Waals surface area (Å²) in [7, 11) is -3.80. The van der Waals surface area contributed by atoms with Gasteiger partial charge in [-0.25, -0.2) is 0 Å². The summed E-state index contributed by atoms with van der Waals surface area (Å²) < 4.78 is 27.3. The van der Waals surface area contributed by atoms with Gasteiger partial charge in [0.2, 0.25) is 0 Å². The molecule has 0 rings (SSSR count). The Morgan fingerprint density at radius 2 is 1.88 bits per heavy atom. The predicted molar refractivity (Wildman–Crippen MR) is 25.5 cm³/mol.